The second-order valence-corrected chi connectivity index (χ2v) is 6.64. The minimum atomic E-state index is 0.193. The molecule has 2 rings (SSSR count). The first kappa shape index (κ1) is 13.3. The summed E-state index contributed by atoms with van der Waals surface area (Å²) in [6, 6.07) is 0. The number of alkyl halides is 1. The van der Waals surface area contributed by atoms with Gasteiger partial charge in [-0.05, 0) is 55.4 Å². The molecule has 3 unspecified atom stereocenters. The first-order valence-corrected chi connectivity index (χ1v) is 7.38. The Labute approximate surface area is 115 Å². The van der Waals surface area contributed by atoms with E-state index in [-0.39, 0.29) is 5.41 Å². The molecule has 0 spiro atoms. The van der Waals surface area contributed by atoms with E-state index in [0.29, 0.717) is 11.8 Å². The van der Waals surface area contributed by atoms with E-state index >= 15 is 0 Å². The van der Waals surface area contributed by atoms with Gasteiger partial charge in [-0.3, -0.25) is 0 Å². The summed E-state index contributed by atoms with van der Waals surface area (Å²) in [5.41, 5.74) is 2.88. The Morgan fingerprint density at radius 1 is 1.65 bits per heavy atom. The van der Waals surface area contributed by atoms with Crippen LogP contribution in [0, 0.1) is 17.3 Å². The molecule has 0 heterocycles. The first-order chi connectivity index (χ1) is 7.99. The Kier molecular flexibility index (Phi) is 3.80. The summed E-state index contributed by atoms with van der Waals surface area (Å²) in [7, 11) is 0. The molecule has 0 bridgehead atoms. The summed E-state index contributed by atoms with van der Waals surface area (Å²) < 4.78 is 0. The van der Waals surface area contributed by atoms with Crippen LogP contribution in [0.1, 0.15) is 39.5 Å². The smallest absolute Gasteiger partial charge is 0.0260 e. The molecule has 0 amide bonds. The number of allylic oxidation sites excluding steroid dienone is 3. The predicted octanol–water partition coefficient (Wildman–Crippen LogP) is 4.92. The van der Waals surface area contributed by atoms with Crippen LogP contribution in [0.15, 0.2) is 23.8 Å². The third-order valence-electron chi connectivity index (χ3n) is 4.67. The molecule has 0 aliphatic heterocycles. The quantitative estimate of drug-likeness (QED) is 0.389. The Balaban J connectivity index is 2.36. The van der Waals surface area contributed by atoms with Gasteiger partial charge in [-0.1, -0.05) is 37.4 Å². The van der Waals surface area contributed by atoms with E-state index in [1.165, 1.54) is 24.0 Å². The largest absolute Gasteiger partial charge is 0.126 e. The fourth-order valence-electron chi connectivity index (χ4n) is 3.42. The van der Waals surface area contributed by atoms with Crippen molar-refractivity contribution >= 4 is 28.7 Å². The lowest BCUT2D eigenvalue weighted by Crippen LogP contribution is -2.42. The monoisotopic (exact) mass is 268 g/mol. The molecular weight excluding hydrogens is 248 g/mol. The van der Waals surface area contributed by atoms with Gasteiger partial charge in [0, 0.05) is 10.7 Å². The third-order valence-corrected chi connectivity index (χ3v) is 5.42. The second-order valence-electron chi connectivity index (χ2n) is 5.84. The van der Waals surface area contributed by atoms with Crippen LogP contribution >= 0.6 is 23.8 Å². The van der Waals surface area contributed by atoms with Gasteiger partial charge in [-0.25, -0.2) is 0 Å². The second kappa shape index (κ2) is 4.85. The maximum absolute atomic E-state index is 6.17. The average molecular weight is 269 g/mol. The zero-order chi connectivity index (χ0) is 12.6. The molecule has 0 saturated heterocycles. The SMILES string of the molecule is C=C(C)C1CC(=S)C2=CCCC(CCl)C2(C)C1. The number of fused-ring (bicyclic) bond motifs is 1. The van der Waals surface area contributed by atoms with E-state index in [0.717, 1.165) is 23.6 Å². The van der Waals surface area contributed by atoms with Gasteiger partial charge in [0.2, 0.25) is 0 Å². The van der Waals surface area contributed by atoms with E-state index < -0.39 is 0 Å². The summed E-state index contributed by atoms with van der Waals surface area (Å²) in [4.78, 5) is 1.15. The molecule has 1 fully saturated rings. The van der Waals surface area contributed by atoms with E-state index in [2.05, 4.69) is 26.5 Å². The zero-order valence-corrected chi connectivity index (χ0v) is 12.3. The van der Waals surface area contributed by atoms with Crippen molar-refractivity contribution in [2.24, 2.45) is 17.3 Å². The molecule has 2 aliphatic rings. The minimum Gasteiger partial charge on any atom is -0.126 e. The van der Waals surface area contributed by atoms with E-state index in [4.69, 9.17) is 23.8 Å². The molecule has 0 radical (unpaired) electrons. The number of halogens is 1. The summed E-state index contributed by atoms with van der Waals surface area (Å²) in [5, 5.41) is 0. The molecule has 94 valence electrons. The summed E-state index contributed by atoms with van der Waals surface area (Å²) in [6.07, 6.45) is 6.89. The Bertz CT molecular complexity index is 382. The molecule has 0 N–H and O–H groups in total. The molecular formula is C15H21ClS. The van der Waals surface area contributed by atoms with Gasteiger partial charge < -0.3 is 0 Å². The van der Waals surface area contributed by atoms with Crippen molar-refractivity contribution in [3.63, 3.8) is 0 Å². The maximum Gasteiger partial charge on any atom is 0.0260 e. The molecule has 2 heteroatoms. The molecule has 0 aromatic rings. The summed E-state index contributed by atoms with van der Waals surface area (Å²) in [5.74, 6) is 1.87. The molecule has 0 aromatic carbocycles. The number of hydrogen-bond acceptors (Lipinski definition) is 1. The highest BCUT2D eigenvalue weighted by molar-refractivity contribution is 7.80. The van der Waals surface area contributed by atoms with Crippen molar-refractivity contribution in [3.05, 3.63) is 23.8 Å². The first-order valence-electron chi connectivity index (χ1n) is 6.44. The lowest BCUT2D eigenvalue weighted by Gasteiger charge is -2.48. The van der Waals surface area contributed by atoms with Crippen LogP contribution in [0.25, 0.3) is 0 Å². The average Bonchev–Trinajstić information content (AvgIpc) is 2.27. The third kappa shape index (κ3) is 2.24. The molecule has 0 aromatic heterocycles. The fourth-order valence-corrected chi connectivity index (χ4v) is 4.44. The van der Waals surface area contributed by atoms with Gasteiger partial charge in [-0.15, -0.1) is 11.6 Å². The topological polar surface area (TPSA) is 0 Å². The van der Waals surface area contributed by atoms with E-state index in [9.17, 15) is 0 Å². The Morgan fingerprint density at radius 3 is 2.94 bits per heavy atom. The zero-order valence-electron chi connectivity index (χ0n) is 10.8. The van der Waals surface area contributed by atoms with Gasteiger partial charge in [0.1, 0.15) is 0 Å². The Morgan fingerprint density at radius 2 is 2.35 bits per heavy atom. The number of rotatable bonds is 2. The van der Waals surface area contributed by atoms with Crippen molar-refractivity contribution in [1.29, 1.82) is 0 Å². The number of thiocarbonyl (C=S) groups is 1. The van der Waals surface area contributed by atoms with Crippen LogP contribution in [0.5, 0.6) is 0 Å². The van der Waals surface area contributed by atoms with Crippen LogP contribution in [0.2, 0.25) is 0 Å². The lowest BCUT2D eigenvalue weighted by molar-refractivity contribution is 0.188. The minimum absolute atomic E-state index is 0.193. The van der Waals surface area contributed by atoms with Crippen molar-refractivity contribution in [2.75, 3.05) is 5.88 Å². The summed E-state index contributed by atoms with van der Waals surface area (Å²) >= 11 is 11.8. The van der Waals surface area contributed by atoms with Crippen LogP contribution in [0.3, 0.4) is 0 Å². The standard InChI is InChI=1S/C15H21ClS/c1-10(2)11-7-14(17)13-6-4-5-12(9-16)15(13,3)8-11/h6,11-12H,1,4-5,7-9H2,2-3H3. The van der Waals surface area contributed by atoms with Crippen molar-refractivity contribution in [3.8, 4) is 0 Å². The van der Waals surface area contributed by atoms with E-state index in [1.54, 1.807) is 0 Å². The van der Waals surface area contributed by atoms with Crippen molar-refractivity contribution in [2.45, 2.75) is 39.5 Å². The van der Waals surface area contributed by atoms with E-state index in [1.807, 2.05) is 0 Å². The van der Waals surface area contributed by atoms with Gasteiger partial charge in [0.15, 0.2) is 0 Å². The predicted molar refractivity (Wildman–Crippen MR) is 79.8 cm³/mol. The molecule has 17 heavy (non-hydrogen) atoms. The number of hydrogen-bond donors (Lipinski definition) is 0. The highest BCUT2D eigenvalue weighted by Gasteiger charge is 2.45. The molecule has 2 aliphatic carbocycles. The van der Waals surface area contributed by atoms with Gasteiger partial charge in [0.25, 0.3) is 0 Å². The summed E-state index contributed by atoms with van der Waals surface area (Å²) in [6.45, 7) is 8.60. The van der Waals surface area contributed by atoms with Crippen LogP contribution < -0.4 is 0 Å². The van der Waals surface area contributed by atoms with Gasteiger partial charge in [0.05, 0.1) is 0 Å². The molecule has 0 nitrogen and oxygen atoms in total. The van der Waals surface area contributed by atoms with Gasteiger partial charge in [-0.2, -0.15) is 0 Å². The van der Waals surface area contributed by atoms with Crippen LogP contribution in [-0.4, -0.2) is 10.7 Å². The molecule has 1 saturated carbocycles. The fraction of sp³-hybridized carbons (Fsp3) is 0.667. The lowest BCUT2D eigenvalue weighted by atomic mass is 9.57. The molecule has 3 atom stereocenters. The van der Waals surface area contributed by atoms with Crippen LogP contribution in [0.4, 0.5) is 0 Å². The highest BCUT2D eigenvalue weighted by atomic mass is 35.5. The van der Waals surface area contributed by atoms with Crippen LogP contribution in [-0.2, 0) is 0 Å². The highest BCUT2D eigenvalue weighted by Crippen LogP contribution is 2.52. The normalized spacial score (nSPS) is 37.4. The maximum atomic E-state index is 6.17. The van der Waals surface area contributed by atoms with Crippen molar-refractivity contribution in [1.82, 2.24) is 0 Å². The Hall–Kier alpha value is -0.140. The van der Waals surface area contributed by atoms with Crippen molar-refractivity contribution < 1.29 is 0 Å². The van der Waals surface area contributed by atoms with Gasteiger partial charge >= 0.3 is 0 Å².